The molecule has 1 amide bonds. The van der Waals surface area contributed by atoms with Crippen molar-refractivity contribution in [1.29, 1.82) is 0 Å². The number of halogens is 1. The standard InChI is InChI=1S/C18H23N3O3S.ClH/c1-3-21-25(23,24)16-10-6-14(7-11-16)12-20-18(22)17(19)15-8-4-13(2)5-9-15;/h4-11,17,21H,3,12,19H2,1-2H3,(H,20,22);1H. The molecule has 6 nitrogen and oxygen atoms in total. The van der Waals surface area contributed by atoms with Gasteiger partial charge < -0.3 is 11.1 Å². The summed E-state index contributed by atoms with van der Waals surface area (Å²) in [4.78, 5) is 12.4. The second-order valence-electron chi connectivity index (χ2n) is 5.75. The average Bonchev–Trinajstić information content (AvgIpc) is 2.60. The molecule has 0 saturated heterocycles. The average molecular weight is 398 g/mol. The van der Waals surface area contributed by atoms with E-state index in [1.165, 1.54) is 12.1 Å². The summed E-state index contributed by atoms with van der Waals surface area (Å²) >= 11 is 0. The van der Waals surface area contributed by atoms with Crippen molar-refractivity contribution in [2.45, 2.75) is 31.3 Å². The summed E-state index contributed by atoms with van der Waals surface area (Å²) in [6, 6.07) is 13.1. The molecule has 0 aliphatic heterocycles. The zero-order valence-corrected chi connectivity index (χ0v) is 16.4. The number of nitrogens with one attached hydrogen (secondary N) is 2. The number of rotatable bonds is 7. The first-order valence-electron chi connectivity index (χ1n) is 8.02. The summed E-state index contributed by atoms with van der Waals surface area (Å²) in [5.41, 5.74) is 8.61. The van der Waals surface area contributed by atoms with Crippen LogP contribution in [0, 0.1) is 6.92 Å². The topological polar surface area (TPSA) is 101 Å². The molecule has 2 aromatic carbocycles. The number of hydrogen-bond donors (Lipinski definition) is 3. The first-order chi connectivity index (χ1) is 11.8. The first-order valence-corrected chi connectivity index (χ1v) is 9.50. The Hall–Kier alpha value is -1.93. The Kier molecular flexibility index (Phi) is 8.23. The third-order valence-corrected chi connectivity index (χ3v) is 5.32. The Balaban J connectivity index is 0.00000338. The van der Waals surface area contributed by atoms with E-state index in [-0.39, 0.29) is 29.8 Å². The minimum absolute atomic E-state index is 0. The predicted octanol–water partition coefficient (Wildman–Crippen LogP) is 2.03. The number of nitrogens with two attached hydrogens (primary N) is 1. The van der Waals surface area contributed by atoms with Crippen molar-refractivity contribution < 1.29 is 13.2 Å². The molecule has 2 aromatic rings. The van der Waals surface area contributed by atoms with Crippen LogP contribution >= 0.6 is 12.4 Å². The number of benzene rings is 2. The largest absolute Gasteiger partial charge is 0.350 e. The van der Waals surface area contributed by atoms with E-state index in [9.17, 15) is 13.2 Å². The van der Waals surface area contributed by atoms with E-state index in [0.29, 0.717) is 6.54 Å². The van der Waals surface area contributed by atoms with Crippen LogP contribution in [0.1, 0.15) is 29.7 Å². The molecule has 2 rings (SSSR count). The lowest BCUT2D eigenvalue weighted by molar-refractivity contribution is -0.122. The smallest absolute Gasteiger partial charge is 0.241 e. The van der Waals surface area contributed by atoms with E-state index < -0.39 is 16.1 Å². The fraction of sp³-hybridized carbons (Fsp3) is 0.278. The van der Waals surface area contributed by atoms with Crippen molar-refractivity contribution in [3.8, 4) is 0 Å². The molecule has 0 aliphatic carbocycles. The quantitative estimate of drug-likeness (QED) is 0.665. The second-order valence-corrected chi connectivity index (χ2v) is 7.52. The van der Waals surface area contributed by atoms with Crippen molar-refractivity contribution >= 4 is 28.3 Å². The van der Waals surface area contributed by atoms with E-state index >= 15 is 0 Å². The lowest BCUT2D eigenvalue weighted by Crippen LogP contribution is -2.33. The van der Waals surface area contributed by atoms with Gasteiger partial charge in [0.2, 0.25) is 15.9 Å². The molecule has 0 spiro atoms. The van der Waals surface area contributed by atoms with E-state index in [1.807, 2.05) is 31.2 Å². The summed E-state index contributed by atoms with van der Waals surface area (Å²) < 4.78 is 26.2. The Morgan fingerprint density at radius 3 is 2.19 bits per heavy atom. The van der Waals surface area contributed by atoms with E-state index in [0.717, 1.165) is 16.7 Å². The maximum absolute atomic E-state index is 12.2. The number of sulfonamides is 1. The van der Waals surface area contributed by atoms with Gasteiger partial charge in [-0.1, -0.05) is 48.9 Å². The molecule has 4 N–H and O–H groups in total. The van der Waals surface area contributed by atoms with Gasteiger partial charge in [-0.2, -0.15) is 0 Å². The summed E-state index contributed by atoms with van der Waals surface area (Å²) in [5, 5.41) is 2.77. The van der Waals surface area contributed by atoms with Gasteiger partial charge in [0, 0.05) is 13.1 Å². The highest BCUT2D eigenvalue weighted by molar-refractivity contribution is 7.89. The SMILES string of the molecule is CCNS(=O)(=O)c1ccc(CNC(=O)C(N)c2ccc(C)cc2)cc1.Cl. The van der Waals surface area contributed by atoms with Crippen LogP contribution in [0.15, 0.2) is 53.4 Å². The molecule has 142 valence electrons. The summed E-state index contributed by atoms with van der Waals surface area (Å²) in [6.45, 7) is 4.30. The van der Waals surface area contributed by atoms with E-state index in [1.54, 1.807) is 19.1 Å². The van der Waals surface area contributed by atoms with Crippen LogP contribution in [-0.4, -0.2) is 20.9 Å². The Labute approximate surface area is 160 Å². The van der Waals surface area contributed by atoms with Crippen molar-refractivity contribution in [2.75, 3.05) is 6.54 Å². The monoisotopic (exact) mass is 397 g/mol. The Morgan fingerprint density at radius 2 is 1.65 bits per heavy atom. The first kappa shape index (κ1) is 22.1. The summed E-state index contributed by atoms with van der Waals surface area (Å²) in [7, 11) is -3.47. The Morgan fingerprint density at radius 1 is 1.08 bits per heavy atom. The number of hydrogen-bond acceptors (Lipinski definition) is 4. The van der Waals surface area contributed by atoms with E-state index in [4.69, 9.17) is 5.73 Å². The molecule has 0 aromatic heterocycles. The maximum Gasteiger partial charge on any atom is 0.241 e. The molecule has 0 aliphatic rings. The van der Waals surface area contributed by atoms with Gasteiger partial charge in [0.1, 0.15) is 6.04 Å². The molecule has 26 heavy (non-hydrogen) atoms. The van der Waals surface area contributed by atoms with E-state index in [2.05, 4.69) is 10.0 Å². The lowest BCUT2D eigenvalue weighted by Gasteiger charge is -2.13. The van der Waals surface area contributed by atoms with Crippen LogP contribution < -0.4 is 15.8 Å². The molecule has 0 heterocycles. The number of aryl methyl sites for hydroxylation is 1. The van der Waals surface area contributed by atoms with Crippen LogP contribution in [0.25, 0.3) is 0 Å². The van der Waals surface area contributed by atoms with Gasteiger partial charge in [0.05, 0.1) is 4.90 Å². The highest BCUT2D eigenvalue weighted by Crippen LogP contribution is 2.13. The minimum Gasteiger partial charge on any atom is -0.350 e. The number of carbonyl (C=O) groups is 1. The molecule has 1 atom stereocenters. The second kappa shape index (κ2) is 9.68. The third-order valence-electron chi connectivity index (χ3n) is 3.75. The van der Waals surface area contributed by atoms with Crippen LogP contribution in [0.4, 0.5) is 0 Å². The molecule has 0 saturated carbocycles. The van der Waals surface area contributed by atoms with Gasteiger partial charge in [0.15, 0.2) is 0 Å². The summed E-state index contributed by atoms with van der Waals surface area (Å²) in [6.07, 6.45) is 0. The Bertz CT molecular complexity index is 822. The molecular formula is C18H24ClN3O3S. The molecular weight excluding hydrogens is 374 g/mol. The predicted molar refractivity (Wildman–Crippen MR) is 105 cm³/mol. The van der Waals surface area contributed by atoms with Crippen molar-refractivity contribution in [1.82, 2.24) is 10.0 Å². The van der Waals surface area contributed by atoms with Gasteiger partial charge >= 0.3 is 0 Å². The molecule has 0 radical (unpaired) electrons. The van der Waals surface area contributed by atoms with Crippen molar-refractivity contribution in [2.24, 2.45) is 5.73 Å². The molecule has 1 unspecified atom stereocenters. The van der Waals surface area contributed by atoms with Crippen LogP contribution in [-0.2, 0) is 21.4 Å². The van der Waals surface area contributed by atoms with Gasteiger partial charge in [-0.25, -0.2) is 13.1 Å². The van der Waals surface area contributed by atoms with Gasteiger partial charge in [-0.3, -0.25) is 4.79 Å². The van der Waals surface area contributed by atoms with Crippen molar-refractivity contribution in [3.63, 3.8) is 0 Å². The van der Waals surface area contributed by atoms with Gasteiger partial charge in [0.25, 0.3) is 0 Å². The lowest BCUT2D eigenvalue weighted by atomic mass is 10.1. The number of carbonyl (C=O) groups excluding carboxylic acids is 1. The third kappa shape index (κ3) is 5.81. The fourth-order valence-electron chi connectivity index (χ4n) is 2.28. The zero-order chi connectivity index (χ0) is 18.4. The number of amides is 1. The zero-order valence-electron chi connectivity index (χ0n) is 14.7. The van der Waals surface area contributed by atoms with Gasteiger partial charge in [-0.05, 0) is 30.2 Å². The van der Waals surface area contributed by atoms with Crippen LogP contribution in [0.2, 0.25) is 0 Å². The molecule has 8 heteroatoms. The van der Waals surface area contributed by atoms with Crippen molar-refractivity contribution in [3.05, 3.63) is 65.2 Å². The summed E-state index contributed by atoms with van der Waals surface area (Å²) in [5.74, 6) is -0.284. The molecule has 0 bridgehead atoms. The minimum atomic E-state index is -3.47. The molecule has 0 fully saturated rings. The highest BCUT2D eigenvalue weighted by Gasteiger charge is 2.16. The van der Waals surface area contributed by atoms with Gasteiger partial charge in [-0.15, -0.1) is 12.4 Å². The van der Waals surface area contributed by atoms with Crippen LogP contribution in [0.3, 0.4) is 0 Å². The maximum atomic E-state index is 12.2. The fourth-order valence-corrected chi connectivity index (χ4v) is 3.33. The highest BCUT2D eigenvalue weighted by atomic mass is 35.5. The normalized spacial score (nSPS) is 12.1. The van der Waals surface area contributed by atoms with Crippen LogP contribution in [0.5, 0.6) is 0 Å².